The van der Waals surface area contributed by atoms with E-state index in [2.05, 4.69) is 22.1 Å². The maximum Gasteiger partial charge on any atom is 0.252 e. The maximum absolute atomic E-state index is 12.1. The predicted octanol–water partition coefficient (Wildman–Crippen LogP) is 3.03. The van der Waals surface area contributed by atoms with Gasteiger partial charge in [0, 0.05) is 26.4 Å². The van der Waals surface area contributed by atoms with E-state index in [1.54, 1.807) is 19.6 Å². The molecule has 3 rings (SSSR count). The quantitative estimate of drug-likeness (QED) is 0.817. The highest BCUT2D eigenvalue weighted by molar-refractivity contribution is 5.94. The van der Waals surface area contributed by atoms with Gasteiger partial charge >= 0.3 is 0 Å². The molecule has 2 aromatic rings. The highest BCUT2D eigenvalue weighted by Crippen LogP contribution is 2.36. The Balaban J connectivity index is 1.72. The van der Waals surface area contributed by atoms with Crippen LogP contribution in [0.15, 0.2) is 41.1 Å². The minimum atomic E-state index is -0.133. The van der Waals surface area contributed by atoms with E-state index >= 15 is 0 Å². The van der Waals surface area contributed by atoms with Gasteiger partial charge < -0.3 is 19.4 Å². The lowest BCUT2D eigenvalue weighted by molar-refractivity contribution is 0.0936. The van der Waals surface area contributed by atoms with E-state index in [-0.39, 0.29) is 11.9 Å². The van der Waals surface area contributed by atoms with Gasteiger partial charge in [0.15, 0.2) is 0 Å². The van der Waals surface area contributed by atoms with Crippen molar-refractivity contribution in [1.82, 2.24) is 10.3 Å². The third-order valence-electron chi connectivity index (χ3n) is 4.63. The van der Waals surface area contributed by atoms with E-state index < -0.39 is 0 Å². The molecule has 0 radical (unpaired) electrons. The lowest BCUT2D eigenvalue weighted by atomic mass is 9.91. The maximum atomic E-state index is 12.1. The number of nitrogens with one attached hydrogen (secondary N) is 1. The number of carbonyl (C=O) groups is 1. The Morgan fingerprint density at radius 3 is 3.00 bits per heavy atom. The van der Waals surface area contributed by atoms with Crippen LogP contribution in [0.2, 0.25) is 0 Å². The molecule has 1 saturated heterocycles. The van der Waals surface area contributed by atoms with Crippen LogP contribution in [0.4, 0.5) is 5.82 Å². The Kier molecular flexibility index (Phi) is 5.71. The van der Waals surface area contributed by atoms with Gasteiger partial charge in [-0.3, -0.25) is 4.79 Å². The molecule has 0 spiro atoms. The number of anilines is 1. The van der Waals surface area contributed by atoms with Crippen LogP contribution in [-0.4, -0.2) is 37.7 Å². The molecule has 6 nitrogen and oxygen atoms in total. The normalized spacial score (nSPS) is 20.5. The van der Waals surface area contributed by atoms with Crippen molar-refractivity contribution >= 4 is 11.7 Å². The third kappa shape index (κ3) is 4.20. The van der Waals surface area contributed by atoms with Gasteiger partial charge in [0.1, 0.15) is 11.6 Å². The summed E-state index contributed by atoms with van der Waals surface area (Å²) in [6, 6.07) is 7.87. The Labute approximate surface area is 148 Å². The summed E-state index contributed by atoms with van der Waals surface area (Å²) in [6.07, 6.45) is 5.51. The molecule has 3 heterocycles. The number of hydrogen-bond acceptors (Lipinski definition) is 5. The summed E-state index contributed by atoms with van der Waals surface area (Å²) in [4.78, 5) is 18.9. The van der Waals surface area contributed by atoms with Crippen molar-refractivity contribution in [2.45, 2.75) is 25.8 Å². The number of furan rings is 1. The highest BCUT2D eigenvalue weighted by Gasteiger charge is 2.30. The Bertz CT molecular complexity index is 670. The van der Waals surface area contributed by atoms with Gasteiger partial charge in [-0.15, -0.1) is 0 Å². The Morgan fingerprint density at radius 1 is 1.44 bits per heavy atom. The SMILES string of the molecule is COCCNC(=O)c1ccc(N2CC[C@@H](C)C[C@@H]2c2ccco2)nc1. The molecular formula is C19H25N3O3. The number of carbonyl (C=O) groups excluding carboxylic acids is 1. The molecule has 2 aromatic heterocycles. The molecule has 2 atom stereocenters. The van der Waals surface area contributed by atoms with E-state index in [1.165, 1.54) is 0 Å². The molecule has 1 aliphatic heterocycles. The minimum Gasteiger partial charge on any atom is -0.467 e. The Hall–Kier alpha value is -2.34. The summed E-state index contributed by atoms with van der Waals surface area (Å²) >= 11 is 0. The molecule has 1 N–H and O–H groups in total. The summed E-state index contributed by atoms with van der Waals surface area (Å²) in [5.41, 5.74) is 0.555. The van der Waals surface area contributed by atoms with Crippen molar-refractivity contribution in [3.05, 3.63) is 48.0 Å². The van der Waals surface area contributed by atoms with Crippen molar-refractivity contribution in [3.63, 3.8) is 0 Å². The van der Waals surface area contributed by atoms with Crippen LogP contribution in [0.5, 0.6) is 0 Å². The second-order valence-electron chi connectivity index (χ2n) is 6.51. The molecule has 0 bridgehead atoms. The number of methoxy groups -OCH3 is 1. The topological polar surface area (TPSA) is 67.6 Å². The number of pyridine rings is 1. The van der Waals surface area contributed by atoms with Crippen LogP contribution in [0, 0.1) is 5.92 Å². The summed E-state index contributed by atoms with van der Waals surface area (Å²) in [5.74, 6) is 2.36. The average Bonchev–Trinajstić information content (AvgIpc) is 3.16. The minimum absolute atomic E-state index is 0.133. The van der Waals surface area contributed by atoms with E-state index in [9.17, 15) is 4.79 Å². The number of rotatable bonds is 6. The molecule has 1 aliphatic rings. The zero-order chi connectivity index (χ0) is 17.6. The average molecular weight is 343 g/mol. The van der Waals surface area contributed by atoms with Gasteiger partial charge in [-0.2, -0.15) is 0 Å². The molecule has 1 fully saturated rings. The lowest BCUT2D eigenvalue weighted by Crippen LogP contribution is -2.36. The van der Waals surface area contributed by atoms with Crippen LogP contribution in [0.25, 0.3) is 0 Å². The first-order chi connectivity index (χ1) is 12.2. The first-order valence-corrected chi connectivity index (χ1v) is 8.72. The van der Waals surface area contributed by atoms with Gasteiger partial charge in [0.25, 0.3) is 5.91 Å². The highest BCUT2D eigenvalue weighted by atomic mass is 16.5. The molecule has 0 aliphatic carbocycles. The second kappa shape index (κ2) is 8.16. The molecule has 25 heavy (non-hydrogen) atoms. The molecule has 0 unspecified atom stereocenters. The molecule has 0 aromatic carbocycles. The van der Waals surface area contributed by atoms with Crippen molar-refractivity contribution < 1.29 is 13.9 Å². The van der Waals surface area contributed by atoms with E-state index in [4.69, 9.17) is 9.15 Å². The number of nitrogens with zero attached hydrogens (tertiary/aromatic N) is 2. The first-order valence-electron chi connectivity index (χ1n) is 8.72. The van der Waals surface area contributed by atoms with Crippen molar-refractivity contribution in [2.75, 3.05) is 31.7 Å². The number of hydrogen-bond donors (Lipinski definition) is 1. The fraction of sp³-hybridized carbons (Fsp3) is 0.474. The Morgan fingerprint density at radius 2 is 2.32 bits per heavy atom. The first kappa shape index (κ1) is 17.5. The second-order valence-corrected chi connectivity index (χ2v) is 6.51. The summed E-state index contributed by atoms with van der Waals surface area (Å²) < 4.78 is 10.6. The van der Waals surface area contributed by atoms with E-state index in [0.29, 0.717) is 24.6 Å². The smallest absolute Gasteiger partial charge is 0.252 e. The summed E-state index contributed by atoms with van der Waals surface area (Å²) in [6.45, 7) is 4.18. The van der Waals surface area contributed by atoms with Crippen LogP contribution >= 0.6 is 0 Å². The summed E-state index contributed by atoms with van der Waals surface area (Å²) in [5, 5.41) is 2.80. The van der Waals surface area contributed by atoms with Gasteiger partial charge in [-0.1, -0.05) is 6.92 Å². The fourth-order valence-electron chi connectivity index (χ4n) is 3.23. The molecule has 134 valence electrons. The standard InChI is InChI=1S/C19H25N3O3/c1-14-7-9-22(16(12-14)17-4-3-10-25-17)18-6-5-15(13-21-18)19(23)20-8-11-24-2/h3-6,10,13-14,16H,7-9,11-12H2,1-2H3,(H,20,23)/t14-,16-/m1/s1. The van der Waals surface area contributed by atoms with Crippen LogP contribution in [-0.2, 0) is 4.74 Å². The predicted molar refractivity (Wildman–Crippen MR) is 95.6 cm³/mol. The number of ether oxygens (including phenoxy) is 1. The van der Waals surface area contributed by atoms with Gasteiger partial charge in [-0.25, -0.2) is 4.98 Å². The van der Waals surface area contributed by atoms with Crippen LogP contribution in [0.3, 0.4) is 0 Å². The van der Waals surface area contributed by atoms with Gasteiger partial charge in [0.05, 0.1) is 24.5 Å². The zero-order valence-electron chi connectivity index (χ0n) is 14.8. The van der Waals surface area contributed by atoms with Crippen LogP contribution < -0.4 is 10.2 Å². The molecule has 1 amide bonds. The van der Waals surface area contributed by atoms with Crippen LogP contribution in [0.1, 0.15) is 41.9 Å². The zero-order valence-corrected chi connectivity index (χ0v) is 14.8. The summed E-state index contributed by atoms with van der Waals surface area (Å²) in [7, 11) is 1.61. The number of aromatic nitrogens is 1. The number of piperidine rings is 1. The van der Waals surface area contributed by atoms with Gasteiger partial charge in [-0.05, 0) is 43.0 Å². The van der Waals surface area contributed by atoms with Crippen molar-refractivity contribution in [3.8, 4) is 0 Å². The largest absolute Gasteiger partial charge is 0.467 e. The molecule has 0 saturated carbocycles. The van der Waals surface area contributed by atoms with E-state index in [0.717, 1.165) is 31.0 Å². The van der Waals surface area contributed by atoms with E-state index in [1.807, 2.05) is 24.3 Å². The molecule has 6 heteroatoms. The van der Waals surface area contributed by atoms with Crippen molar-refractivity contribution in [2.24, 2.45) is 5.92 Å². The van der Waals surface area contributed by atoms with Gasteiger partial charge in [0.2, 0.25) is 0 Å². The third-order valence-corrected chi connectivity index (χ3v) is 4.63. The number of amides is 1. The fourth-order valence-corrected chi connectivity index (χ4v) is 3.23. The molecular weight excluding hydrogens is 318 g/mol. The van der Waals surface area contributed by atoms with Crippen molar-refractivity contribution in [1.29, 1.82) is 0 Å². The lowest BCUT2D eigenvalue weighted by Gasteiger charge is -2.38. The monoisotopic (exact) mass is 343 g/mol.